The van der Waals surface area contributed by atoms with E-state index in [-0.39, 0.29) is 30.0 Å². The van der Waals surface area contributed by atoms with Gasteiger partial charge in [-0.25, -0.2) is 4.98 Å². The number of hydrogen-bond acceptors (Lipinski definition) is 6. The number of halogens is 1. The molecule has 2 heterocycles. The zero-order valence-electron chi connectivity index (χ0n) is 16.4. The minimum Gasteiger partial charge on any atom is -0.325 e. The minimum atomic E-state index is -0.471. The summed E-state index contributed by atoms with van der Waals surface area (Å²) in [6, 6.07) is 7.85. The van der Waals surface area contributed by atoms with Crippen LogP contribution in [0, 0.1) is 23.0 Å². The van der Waals surface area contributed by atoms with Crippen LogP contribution in [0.2, 0.25) is 0 Å². The van der Waals surface area contributed by atoms with E-state index in [1.54, 1.807) is 25.3 Å². The van der Waals surface area contributed by atoms with Crippen LogP contribution in [-0.2, 0) is 9.59 Å². The van der Waals surface area contributed by atoms with Gasteiger partial charge in [0.1, 0.15) is 5.82 Å². The zero-order chi connectivity index (χ0) is 21.7. The lowest BCUT2D eigenvalue weighted by atomic mass is 9.97. The number of anilines is 2. The zero-order valence-corrected chi connectivity index (χ0v) is 18.0. The van der Waals surface area contributed by atoms with Gasteiger partial charge >= 0.3 is 0 Å². The predicted molar refractivity (Wildman–Crippen MR) is 116 cm³/mol. The number of aromatic nitrogens is 1. The number of piperidine rings is 1. The van der Waals surface area contributed by atoms with Gasteiger partial charge in [-0.1, -0.05) is 0 Å². The molecule has 1 unspecified atom stereocenters. The van der Waals surface area contributed by atoms with Crippen LogP contribution in [0.15, 0.2) is 41.0 Å². The molecule has 1 aromatic heterocycles. The Morgan fingerprint density at radius 3 is 2.77 bits per heavy atom. The van der Waals surface area contributed by atoms with Gasteiger partial charge < -0.3 is 10.6 Å². The molecule has 1 atom stereocenters. The number of pyridine rings is 1. The van der Waals surface area contributed by atoms with Gasteiger partial charge in [-0.3, -0.25) is 24.6 Å². The minimum absolute atomic E-state index is 0.0179. The molecule has 1 aliphatic rings. The van der Waals surface area contributed by atoms with Crippen LogP contribution in [0.25, 0.3) is 0 Å². The first kappa shape index (κ1) is 21.8. The molecule has 10 heteroatoms. The standard InChI is InChI=1S/C20H22BrN5O4/c1-13-9-16(26(29)30)5-6-17(13)23-19(27)12-25-8-2-3-14(11-25)20(28)24-18-7-4-15(21)10-22-18/h4-7,9-10,14H,2-3,8,11-12H2,1H3,(H,23,27)(H,22,24,28). The number of non-ortho nitro benzene ring substituents is 1. The summed E-state index contributed by atoms with van der Waals surface area (Å²) in [7, 11) is 0. The van der Waals surface area contributed by atoms with Crippen LogP contribution in [0.5, 0.6) is 0 Å². The second kappa shape index (κ2) is 9.77. The number of likely N-dealkylation sites (tertiary alicyclic amines) is 1. The van der Waals surface area contributed by atoms with Gasteiger partial charge in [0.15, 0.2) is 0 Å². The van der Waals surface area contributed by atoms with E-state index in [1.165, 1.54) is 18.2 Å². The molecule has 2 N–H and O–H groups in total. The third-order valence-corrected chi connectivity index (χ3v) is 5.39. The summed E-state index contributed by atoms with van der Waals surface area (Å²) >= 11 is 3.31. The molecule has 2 aromatic rings. The Morgan fingerprint density at radius 2 is 2.10 bits per heavy atom. The maximum atomic E-state index is 12.6. The van der Waals surface area contributed by atoms with Gasteiger partial charge in [-0.2, -0.15) is 0 Å². The Bertz CT molecular complexity index is 951. The van der Waals surface area contributed by atoms with Crippen molar-refractivity contribution in [3.63, 3.8) is 0 Å². The fourth-order valence-electron chi connectivity index (χ4n) is 3.39. The second-order valence-corrected chi connectivity index (χ2v) is 8.15. The number of nitro groups is 1. The molecule has 0 bridgehead atoms. The number of nitrogens with zero attached hydrogens (tertiary/aromatic N) is 3. The van der Waals surface area contributed by atoms with E-state index in [1.807, 2.05) is 4.90 Å². The van der Waals surface area contributed by atoms with Crippen LogP contribution < -0.4 is 10.6 Å². The molecule has 0 spiro atoms. The van der Waals surface area contributed by atoms with E-state index in [0.717, 1.165) is 23.9 Å². The molecule has 158 valence electrons. The lowest BCUT2D eigenvalue weighted by Gasteiger charge is -2.31. The molecule has 9 nitrogen and oxygen atoms in total. The molecule has 0 aliphatic carbocycles. The second-order valence-electron chi connectivity index (χ2n) is 7.23. The molecular formula is C20H22BrN5O4. The molecular weight excluding hydrogens is 454 g/mol. The van der Waals surface area contributed by atoms with Crippen LogP contribution in [-0.4, -0.2) is 46.3 Å². The Hall–Kier alpha value is -2.85. The molecule has 30 heavy (non-hydrogen) atoms. The first-order valence-electron chi connectivity index (χ1n) is 9.51. The Kier molecular flexibility index (Phi) is 7.11. The van der Waals surface area contributed by atoms with E-state index in [9.17, 15) is 19.7 Å². The van der Waals surface area contributed by atoms with E-state index < -0.39 is 4.92 Å². The fraction of sp³-hybridized carbons (Fsp3) is 0.350. The number of carbonyl (C=O) groups excluding carboxylic acids is 2. The van der Waals surface area contributed by atoms with E-state index in [4.69, 9.17) is 0 Å². The summed E-state index contributed by atoms with van der Waals surface area (Å²) in [4.78, 5) is 41.5. The molecule has 1 aromatic carbocycles. The molecule has 3 rings (SSSR count). The number of benzene rings is 1. The maximum Gasteiger partial charge on any atom is 0.269 e. The van der Waals surface area contributed by atoms with E-state index in [0.29, 0.717) is 23.6 Å². The van der Waals surface area contributed by atoms with Crippen molar-refractivity contribution in [1.29, 1.82) is 0 Å². The summed E-state index contributed by atoms with van der Waals surface area (Å²) in [5, 5.41) is 16.5. The highest BCUT2D eigenvalue weighted by Gasteiger charge is 2.27. The van der Waals surface area contributed by atoms with Gasteiger partial charge in [-0.15, -0.1) is 0 Å². The van der Waals surface area contributed by atoms with Crippen molar-refractivity contribution in [2.45, 2.75) is 19.8 Å². The summed E-state index contributed by atoms with van der Waals surface area (Å²) in [6.07, 6.45) is 3.19. The van der Waals surface area contributed by atoms with E-state index >= 15 is 0 Å². The average Bonchev–Trinajstić information content (AvgIpc) is 2.71. The third-order valence-electron chi connectivity index (χ3n) is 4.92. The maximum absolute atomic E-state index is 12.6. The van der Waals surface area contributed by atoms with Gasteiger partial charge in [0, 0.05) is 35.0 Å². The van der Waals surface area contributed by atoms with Crippen molar-refractivity contribution in [1.82, 2.24) is 9.88 Å². The van der Waals surface area contributed by atoms with Gasteiger partial charge in [-0.05, 0) is 66.0 Å². The normalized spacial score (nSPS) is 16.7. The van der Waals surface area contributed by atoms with Crippen LogP contribution in [0.1, 0.15) is 18.4 Å². The van der Waals surface area contributed by atoms with E-state index in [2.05, 4.69) is 31.5 Å². The smallest absolute Gasteiger partial charge is 0.269 e. The van der Waals surface area contributed by atoms with Crippen LogP contribution in [0.3, 0.4) is 0 Å². The fourth-order valence-corrected chi connectivity index (χ4v) is 3.62. The SMILES string of the molecule is Cc1cc([N+](=O)[O-])ccc1NC(=O)CN1CCCC(C(=O)Nc2ccc(Br)cn2)C1. The first-order chi connectivity index (χ1) is 14.3. The molecule has 2 amide bonds. The number of aryl methyl sites for hydroxylation is 1. The molecule has 1 saturated heterocycles. The Balaban J connectivity index is 1.54. The summed E-state index contributed by atoms with van der Waals surface area (Å²) in [5.41, 5.74) is 1.14. The van der Waals surface area contributed by atoms with Crippen molar-refractivity contribution >= 4 is 44.9 Å². The number of nitrogens with one attached hydrogen (secondary N) is 2. The van der Waals surface area contributed by atoms with Gasteiger partial charge in [0.25, 0.3) is 5.69 Å². The quantitative estimate of drug-likeness (QED) is 0.488. The van der Waals surface area contributed by atoms with Gasteiger partial charge in [0.2, 0.25) is 11.8 Å². The molecule has 1 fully saturated rings. The summed E-state index contributed by atoms with van der Waals surface area (Å²) in [5.74, 6) is -0.0615. The Labute approximate surface area is 182 Å². The van der Waals surface area contributed by atoms with Gasteiger partial charge in [0.05, 0.1) is 17.4 Å². The van der Waals surface area contributed by atoms with Crippen LogP contribution >= 0.6 is 15.9 Å². The van der Waals surface area contributed by atoms with Crippen molar-refractivity contribution in [2.75, 3.05) is 30.3 Å². The number of rotatable bonds is 6. The molecule has 0 saturated carbocycles. The average molecular weight is 476 g/mol. The third kappa shape index (κ3) is 5.83. The largest absolute Gasteiger partial charge is 0.325 e. The molecule has 0 radical (unpaired) electrons. The highest BCUT2D eigenvalue weighted by Crippen LogP contribution is 2.22. The lowest BCUT2D eigenvalue weighted by molar-refractivity contribution is -0.384. The van der Waals surface area contributed by atoms with Crippen LogP contribution in [0.4, 0.5) is 17.2 Å². The van der Waals surface area contributed by atoms with Crippen molar-refractivity contribution in [2.24, 2.45) is 5.92 Å². The number of amides is 2. The summed E-state index contributed by atoms with van der Waals surface area (Å²) < 4.78 is 0.832. The van der Waals surface area contributed by atoms with Crippen molar-refractivity contribution < 1.29 is 14.5 Å². The predicted octanol–water partition coefficient (Wildman–Crippen LogP) is 3.35. The summed E-state index contributed by atoms with van der Waals surface area (Å²) in [6.45, 7) is 3.07. The molecule has 1 aliphatic heterocycles. The monoisotopic (exact) mass is 475 g/mol. The highest BCUT2D eigenvalue weighted by molar-refractivity contribution is 9.10. The lowest BCUT2D eigenvalue weighted by Crippen LogP contribution is -2.44. The highest BCUT2D eigenvalue weighted by atomic mass is 79.9. The number of nitro benzene ring substituents is 1. The first-order valence-corrected chi connectivity index (χ1v) is 10.3. The van der Waals surface area contributed by atoms with Crippen molar-refractivity contribution in [3.8, 4) is 0 Å². The van der Waals surface area contributed by atoms with Crippen molar-refractivity contribution in [3.05, 3.63) is 56.7 Å². The number of hydrogen-bond donors (Lipinski definition) is 2. The Morgan fingerprint density at radius 1 is 1.30 bits per heavy atom. The number of carbonyl (C=O) groups is 2. The topological polar surface area (TPSA) is 117 Å².